The van der Waals surface area contributed by atoms with Crippen LogP contribution in [-0.2, 0) is 7.05 Å². The number of carbonyl (C=O) groups is 1. The number of rotatable bonds is 3. The molecular weight excluding hydrogens is 479 g/mol. The van der Waals surface area contributed by atoms with Crippen LogP contribution in [0.3, 0.4) is 0 Å². The first kappa shape index (κ1) is 23.5. The van der Waals surface area contributed by atoms with E-state index in [1.54, 1.807) is 16.7 Å². The molecule has 0 bridgehead atoms. The summed E-state index contributed by atoms with van der Waals surface area (Å²) in [6.07, 6.45) is 2.86. The SMILES string of the molecule is Cc1nn(-c2nc(N3CCN(C(=O)N4N=CC[C@H]4c4cc(F)cc(F)c4)CC3)ncc2F)c(=O)n1C. The predicted octanol–water partition coefficient (Wildman–Crippen LogP) is 1.76. The number of urea groups is 1. The van der Waals surface area contributed by atoms with Gasteiger partial charge in [0.25, 0.3) is 0 Å². The molecular formula is C22H22F3N9O2. The average molecular weight is 501 g/mol. The highest BCUT2D eigenvalue weighted by Gasteiger charge is 2.34. The van der Waals surface area contributed by atoms with Gasteiger partial charge in [-0.1, -0.05) is 0 Å². The fraction of sp³-hybridized carbons (Fsp3) is 0.364. The molecule has 0 saturated carbocycles. The van der Waals surface area contributed by atoms with Gasteiger partial charge in [0, 0.05) is 51.9 Å². The number of piperazine rings is 1. The molecule has 4 heterocycles. The Morgan fingerprint density at radius 2 is 1.75 bits per heavy atom. The first-order valence-electron chi connectivity index (χ1n) is 11.2. The van der Waals surface area contributed by atoms with Crippen LogP contribution in [0.25, 0.3) is 5.82 Å². The van der Waals surface area contributed by atoms with Crippen LogP contribution in [0.15, 0.2) is 34.3 Å². The van der Waals surface area contributed by atoms with E-state index in [1.807, 2.05) is 0 Å². The van der Waals surface area contributed by atoms with Gasteiger partial charge in [0.15, 0.2) is 11.6 Å². The molecule has 0 radical (unpaired) electrons. The van der Waals surface area contributed by atoms with E-state index in [0.717, 1.165) is 16.9 Å². The number of hydrogen-bond acceptors (Lipinski definition) is 7. The van der Waals surface area contributed by atoms with E-state index in [1.165, 1.54) is 35.0 Å². The van der Waals surface area contributed by atoms with E-state index in [2.05, 4.69) is 20.2 Å². The second-order valence-electron chi connectivity index (χ2n) is 8.50. The number of aromatic nitrogens is 5. The molecule has 1 atom stereocenters. The lowest BCUT2D eigenvalue weighted by molar-refractivity contribution is 0.139. The summed E-state index contributed by atoms with van der Waals surface area (Å²) in [4.78, 5) is 37.1. The molecule has 0 aliphatic carbocycles. The van der Waals surface area contributed by atoms with Crippen molar-refractivity contribution in [3.8, 4) is 5.82 Å². The molecule has 2 amide bonds. The number of benzene rings is 1. The Morgan fingerprint density at radius 1 is 1.06 bits per heavy atom. The van der Waals surface area contributed by atoms with Gasteiger partial charge in [-0.15, -0.1) is 5.10 Å². The van der Waals surface area contributed by atoms with Crippen LogP contribution in [0.4, 0.5) is 23.9 Å². The molecule has 36 heavy (non-hydrogen) atoms. The molecule has 1 aromatic carbocycles. The number of amides is 2. The zero-order valence-electron chi connectivity index (χ0n) is 19.5. The van der Waals surface area contributed by atoms with E-state index < -0.39 is 35.2 Å². The lowest BCUT2D eigenvalue weighted by Gasteiger charge is -2.37. The maximum Gasteiger partial charge on any atom is 0.352 e. The molecule has 2 aliphatic rings. The monoisotopic (exact) mass is 501 g/mol. The third kappa shape index (κ3) is 4.18. The Kier molecular flexibility index (Phi) is 5.94. The second kappa shape index (κ2) is 9.09. The van der Waals surface area contributed by atoms with Crippen molar-refractivity contribution in [3.63, 3.8) is 0 Å². The van der Waals surface area contributed by atoms with Crippen LogP contribution in [0, 0.1) is 24.4 Å². The minimum atomic E-state index is -0.792. The van der Waals surface area contributed by atoms with Gasteiger partial charge in [0.2, 0.25) is 5.95 Å². The van der Waals surface area contributed by atoms with Crippen molar-refractivity contribution < 1.29 is 18.0 Å². The summed E-state index contributed by atoms with van der Waals surface area (Å²) in [5.41, 5.74) is -0.213. The second-order valence-corrected chi connectivity index (χ2v) is 8.50. The van der Waals surface area contributed by atoms with Crippen LogP contribution in [-0.4, -0.2) is 72.6 Å². The first-order valence-corrected chi connectivity index (χ1v) is 11.2. The average Bonchev–Trinajstić information content (AvgIpc) is 3.45. The molecule has 14 heteroatoms. The third-order valence-electron chi connectivity index (χ3n) is 6.24. The fourth-order valence-electron chi connectivity index (χ4n) is 4.21. The van der Waals surface area contributed by atoms with Crippen LogP contribution >= 0.6 is 0 Å². The highest BCUT2D eigenvalue weighted by atomic mass is 19.1. The van der Waals surface area contributed by atoms with Crippen molar-refractivity contribution >= 4 is 18.2 Å². The highest BCUT2D eigenvalue weighted by Crippen LogP contribution is 2.30. The van der Waals surface area contributed by atoms with E-state index >= 15 is 0 Å². The van der Waals surface area contributed by atoms with Gasteiger partial charge in [-0.3, -0.25) is 4.57 Å². The van der Waals surface area contributed by atoms with Crippen molar-refractivity contribution in [1.29, 1.82) is 0 Å². The Bertz CT molecular complexity index is 1390. The van der Waals surface area contributed by atoms with Crippen LogP contribution in [0.1, 0.15) is 23.9 Å². The molecule has 0 N–H and O–H groups in total. The molecule has 3 aromatic rings. The zero-order chi connectivity index (χ0) is 25.6. The Hall–Kier alpha value is -4.23. The van der Waals surface area contributed by atoms with Crippen molar-refractivity contribution in [1.82, 2.24) is 34.2 Å². The number of aryl methyl sites for hydroxylation is 1. The minimum Gasteiger partial charge on any atom is -0.337 e. The Balaban J connectivity index is 1.29. The zero-order valence-corrected chi connectivity index (χ0v) is 19.5. The van der Waals surface area contributed by atoms with Crippen molar-refractivity contribution in [2.24, 2.45) is 12.1 Å². The number of hydrogen-bond donors (Lipinski definition) is 0. The molecule has 0 unspecified atom stereocenters. The first-order chi connectivity index (χ1) is 17.2. The largest absolute Gasteiger partial charge is 0.352 e. The molecule has 1 fully saturated rings. The topological polar surface area (TPSA) is 105 Å². The van der Waals surface area contributed by atoms with Gasteiger partial charge in [-0.05, 0) is 24.6 Å². The van der Waals surface area contributed by atoms with E-state index in [4.69, 9.17) is 0 Å². The lowest BCUT2D eigenvalue weighted by Crippen LogP contribution is -2.52. The Morgan fingerprint density at radius 3 is 2.39 bits per heavy atom. The van der Waals surface area contributed by atoms with Crippen LogP contribution in [0.2, 0.25) is 0 Å². The maximum absolute atomic E-state index is 14.4. The highest BCUT2D eigenvalue weighted by molar-refractivity contribution is 5.78. The van der Waals surface area contributed by atoms with Gasteiger partial charge in [0.1, 0.15) is 17.5 Å². The quantitative estimate of drug-likeness (QED) is 0.542. The van der Waals surface area contributed by atoms with Gasteiger partial charge in [0.05, 0.1) is 12.2 Å². The summed E-state index contributed by atoms with van der Waals surface area (Å²) >= 11 is 0. The molecule has 0 spiro atoms. The van der Waals surface area contributed by atoms with Gasteiger partial charge >= 0.3 is 11.7 Å². The van der Waals surface area contributed by atoms with Gasteiger partial charge in [-0.2, -0.15) is 14.8 Å². The molecule has 2 aromatic heterocycles. The summed E-state index contributed by atoms with van der Waals surface area (Å²) in [5.74, 6) is -1.90. The summed E-state index contributed by atoms with van der Waals surface area (Å²) in [6.45, 7) is 2.86. The third-order valence-corrected chi connectivity index (χ3v) is 6.24. The fourth-order valence-corrected chi connectivity index (χ4v) is 4.21. The summed E-state index contributed by atoms with van der Waals surface area (Å²) in [5, 5.41) is 9.41. The lowest BCUT2D eigenvalue weighted by atomic mass is 10.0. The molecule has 2 aliphatic heterocycles. The van der Waals surface area contributed by atoms with E-state index in [9.17, 15) is 22.8 Å². The van der Waals surface area contributed by atoms with Gasteiger partial charge in [-0.25, -0.2) is 32.8 Å². The summed E-state index contributed by atoms with van der Waals surface area (Å²) < 4.78 is 44.0. The number of halogens is 3. The number of hydrazone groups is 1. The standard InChI is InChI=1S/C22H22F3N9O2/c1-13-29-34(21(35)30(13)2)19-17(25)12-26-20(28-19)31-5-7-32(8-6-31)22(36)33-18(3-4-27-33)14-9-15(23)11-16(24)10-14/h4,9-12,18H,3,5-8H2,1-2H3/t18-/m0/s1. The minimum absolute atomic E-state index is 0.195. The predicted molar refractivity (Wildman–Crippen MR) is 122 cm³/mol. The number of anilines is 1. The molecule has 188 valence electrons. The summed E-state index contributed by atoms with van der Waals surface area (Å²) in [7, 11) is 1.52. The van der Waals surface area contributed by atoms with E-state index in [0.29, 0.717) is 30.9 Å². The van der Waals surface area contributed by atoms with Gasteiger partial charge < -0.3 is 9.80 Å². The molecule has 11 nitrogen and oxygen atoms in total. The Labute approximate surface area is 203 Å². The van der Waals surface area contributed by atoms with Crippen LogP contribution < -0.4 is 10.6 Å². The van der Waals surface area contributed by atoms with Crippen molar-refractivity contribution in [3.05, 3.63) is 63.7 Å². The number of nitrogens with zero attached hydrogens (tertiary/aromatic N) is 9. The normalized spacial score (nSPS) is 17.8. The summed E-state index contributed by atoms with van der Waals surface area (Å²) in [6, 6.07) is 2.16. The molecule has 1 saturated heterocycles. The van der Waals surface area contributed by atoms with Crippen LogP contribution in [0.5, 0.6) is 0 Å². The van der Waals surface area contributed by atoms with Crippen molar-refractivity contribution in [2.45, 2.75) is 19.4 Å². The smallest absolute Gasteiger partial charge is 0.337 e. The van der Waals surface area contributed by atoms with Crippen molar-refractivity contribution in [2.75, 3.05) is 31.1 Å². The molecule has 5 rings (SSSR count). The van der Waals surface area contributed by atoms with E-state index in [-0.39, 0.29) is 24.9 Å². The maximum atomic E-state index is 14.4. The number of carbonyl (C=O) groups excluding carboxylic acids is 1.